The third-order valence-corrected chi connectivity index (χ3v) is 2.75. The molecule has 0 unspecified atom stereocenters. The molecule has 0 atom stereocenters. The maximum atomic E-state index is 11.7. The second kappa shape index (κ2) is 6.65. The van der Waals surface area contributed by atoms with Crippen molar-refractivity contribution in [1.82, 2.24) is 4.98 Å². The van der Waals surface area contributed by atoms with Crippen LogP contribution in [0, 0.1) is 6.92 Å². The minimum atomic E-state index is -2.48. The van der Waals surface area contributed by atoms with Gasteiger partial charge < -0.3 is 4.74 Å². The van der Waals surface area contributed by atoms with Crippen LogP contribution in [0.25, 0.3) is 0 Å². The molecule has 0 amide bonds. The van der Waals surface area contributed by atoms with Gasteiger partial charge in [0.1, 0.15) is 17.4 Å². The molecule has 1 aromatic heterocycles. The number of halogens is 2. The second-order valence-corrected chi connectivity index (χ2v) is 4.26. The summed E-state index contributed by atoms with van der Waals surface area (Å²) < 4.78 is 28.0. The summed E-state index contributed by atoms with van der Waals surface area (Å²) in [6, 6.07) is 0. The van der Waals surface area contributed by atoms with Crippen LogP contribution in [-0.4, -0.2) is 30.4 Å². The summed E-state index contributed by atoms with van der Waals surface area (Å²) in [4.78, 5) is 15.5. The van der Waals surface area contributed by atoms with E-state index in [1.807, 2.05) is 12.3 Å². The Labute approximate surface area is 96.5 Å². The number of aryl methyl sites for hydroxylation is 1. The Balaban J connectivity index is 2.16. The van der Waals surface area contributed by atoms with Crippen LogP contribution in [0.4, 0.5) is 8.78 Å². The van der Waals surface area contributed by atoms with Gasteiger partial charge in [0, 0.05) is 17.5 Å². The number of ketones is 1. The van der Waals surface area contributed by atoms with E-state index in [1.54, 1.807) is 0 Å². The first kappa shape index (κ1) is 13.2. The van der Waals surface area contributed by atoms with Crippen molar-refractivity contribution in [2.75, 3.05) is 13.2 Å². The first-order valence-electron chi connectivity index (χ1n) is 4.86. The molecule has 1 rings (SSSR count). The van der Waals surface area contributed by atoms with Crippen molar-refractivity contribution in [3.8, 4) is 0 Å². The number of Topliss-reactive ketones (excluding diaryl/α,β-unsaturated/α-hetero) is 1. The number of ether oxygens (including phenoxy) is 1. The molecule has 0 N–H and O–H groups in total. The van der Waals surface area contributed by atoms with E-state index >= 15 is 0 Å². The van der Waals surface area contributed by atoms with E-state index in [2.05, 4.69) is 9.72 Å². The van der Waals surface area contributed by atoms with Gasteiger partial charge in [0.05, 0.1) is 13.0 Å². The second-order valence-electron chi connectivity index (χ2n) is 3.31. The average molecular weight is 249 g/mol. The van der Waals surface area contributed by atoms with Crippen LogP contribution in [0.2, 0.25) is 0 Å². The van der Waals surface area contributed by atoms with E-state index in [-0.39, 0.29) is 25.2 Å². The van der Waals surface area contributed by atoms with Gasteiger partial charge in [-0.05, 0) is 6.92 Å². The Morgan fingerprint density at radius 3 is 2.94 bits per heavy atom. The molecule has 0 spiro atoms. The molecule has 0 saturated carbocycles. The predicted octanol–water partition coefficient (Wildman–Crippen LogP) is 2.23. The Kier molecular flexibility index (Phi) is 5.48. The highest BCUT2D eigenvalue weighted by Gasteiger charge is 2.08. The molecular formula is C10H13F2NO2S. The first-order chi connectivity index (χ1) is 7.58. The maximum Gasteiger partial charge on any atom is 0.261 e. The zero-order valence-electron chi connectivity index (χ0n) is 8.91. The van der Waals surface area contributed by atoms with E-state index < -0.39 is 13.0 Å². The number of alkyl halides is 2. The number of hydrogen-bond acceptors (Lipinski definition) is 4. The molecule has 0 aliphatic rings. The molecule has 0 fully saturated rings. The number of nitrogens with zero attached hydrogens (tertiary/aromatic N) is 1. The molecule has 3 nitrogen and oxygen atoms in total. The Bertz CT molecular complexity index is 341. The lowest BCUT2D eigenvalue weighted by Gasteiger charge is -2.01. The van der Waals surface area contributed by atoms with Crippen LogP contribution in [0.3, 0.4) is 0 Å². The summed E-state index contributed by atoms with van der Waals surface area (Å²) >= 11 is 1.43. The van der Waals surface area contributed by atoms with Crippen molar-refractivity contribution in [3.05, 3.63) is 16.1 Å². The van der Waals surface area contributed by atoms with Crippen molar-refractivity contribution in [2.45, 2.75) is 26.2 Å². The number of aromatic nitrogens is 1. The maximum absolute atomic E-state index is 11.7. The van der Waals surface area contributed by atoms with Gasteiger partial charge in [-0.2, -0.15) is 0 Å². The van der Waals surface area contributed by atoms with Crippen molar-refractivity contribution < 1.29 is 18.3 Å². The summed E-state index contributed by atoms with van der Waals surface area (Å²) in [5.41, 5.74) is 0.891. The smallest absolute Gasteiger partial charge is 0.261 e. The number of thiazole rings is 1. The summed E-state index contributed by atoms with van der Waals surface area (Å²) in [5.74, 6) is -0.0383. The molecular weight excluding hydrogens is 236 g/mol. The van der Waals surface area contributed by atoms with Crippen molar-refractivity contribution in [1.29, 1.82) is 0 Å². The van der Waals surface area contributed by atoms with Gasteiger partial charge in [0.2, 0.25) is 0 Å². The highest BCUT2D eigenvalue weighted by molar-refractivity contribution is 7.09. The third kappa shape index (κ3) is 5.27. The lowest BCUT2D eigenvalue weighted by molar-refractivity contribution is -0.119. The fraction of sp³-hybridized carbons (Fsp3) is 0.600. The van der Waals surface area contributed by atoms with Crippen LogP contribution in [0.15, 0.2) is 5.38 Å². The SMILES string of the molecule is Cc1csc(CC(=O)CCOCC(F)F)n1. The molecule has 0 aromatic carbocycles. The van der Waals surface area contributed by atoms with Gasteiger partial charge in [0.15, 0.2) is 0 Å². The standard InChI is InChI=1S/C10H13F2NO2S/c1-7-6-16-10(13-7)4-8(14)2-3-15-5-9(11)12/h6,9H,2-5H2,1H3. The zero-order valence-corrected chi connectivity index (χ0v) is 9.73. The minimum absolute atomic E-state index is 0.0383. The Hall–Kier alpha value is -0.880. The predicted molar refractivity (Wildman–Crippen MR) is 57.0 cm³/mol. The van der Waals surface area contributed by atoms with Gasteiger partial charge in [-0.3, -0.25) is 4.79 Å². The van der Waals surface area contributed by atoms with Gasteiger partial charge in [-0.15, -0.1) is 11.3 Å². The monoisotopic (exact) mass is 249 g/mol. The summed E-state index contributed by atoms with van der Waals surface area (Å²) in [6.45, 7) is 1.30. The van der Waals surface area contributed by atoms with Crippen LogP contribution in [0.5, 0.6) is 0 Å². The average Bonchev–Trinajstić information content (AvgIpc) is 2.58. The largest absolute Gasteiger partial charge is 0.375 e. The quantitative estimate of drug-likeness (QED) is 0.696. The Morgan fingerprint density at radius 1 is 1.62 bits per heavy atom. The number of carbonyl (C=O) groups excluding carboxylic acids is 1. The molecule has 0 bridgehead atoms. The van der Waals surface area contributed by atoms with Crippen molar-refractivity contribution in [2.24, 2.45) is 0 Å². The van der Waals surface area contributed by atoms with Crippen molar-refractivity contribution in [3.63, 3.8) is 0 Å². The van der Waals surface area contributed by atoms with Gasteiger partial charge >= 0.3 is 0 Å². The summed E-state index contributed by atoms with van der Waals surface area (Å²) in [6.07, 6.45) is -2.06. The lowest BCUT2D eigenvalue weighted by Crippen LogP contribution is -2.10. The lowest BCUT2D eigenvalue weighted by atomic mass is 10.2. The summed E-state index contributed by atoms with van der Waals surface area (Å²) in [7, 11) is 0. The molecule has 0 saturated heterocycles. The molecule has 1 heterocycles. The van der Waals surface area contributed by atoms with Crippen LogP contribution >= 0.6 is 11.3 Å². The third-order valence-electron chi connectivity index (χ3n) is 1.78. The van der Waals surface area contributed by atoms with E-state index in [4.69, 9.17) is 0 Å². The fourth-order valence-corrected chi connectivity index (χ4v) is 1.90. The van der Waals surface area contributed by atoms with Gasteiger partial charge in [-0.25, -0.2) is 13.8 Å². The van der Waals surface area contributed by atoms with E-state index in [0.29, 0.717) is 0 Å². The van der Waals surface area contributed by atoms with Crippen LogP contribution in [0.1, 0.15) is 17.1 Å². The Morgan fingerprint density at radius 2 is 2.38 bits per heavy atom. The summed E-state index contributed by atoms with van der Waals surface area (Å²) in [5, 5.41) is 2.63. The zero-order chi connectivity index (χ0) is 12.0. The van der Waals surface area contributed by atoms with Crippen LogP contribution < -0.4 is 0 Å². The van der Waals surface area contributed by atoms with E-state index in [1.165, 1.54) is 11.3 Å². The number of rotatable bonds is 7. The molecule has 0 aliphatic carbocycles. The van der Waals surface area contributed by atoms with Crippen molar-refractivity contribution >= 4 is 17.1 Å². The highest BCUT2D eigenvalue weighted by Crippen LogP contribution is 2.10. The minimum Gasteiger partial charge on any atom is -0.375 e. The van der Waals surface area contributed by atoms with Crippen LogP contribution in [-0.2, 0) is 16.0 Å². The normalized spacial score (nSPS) is 11.0. The molecule has 90 valence electrons. The molecule has 6 heteroatoms. The molecule has 0 aliphatic heterocycles. The topological polar surface area (TPSA) is 39.2 Å². The molecule has 1 aromatic rings. The van der Waals surface area contributed by atoms with E-state index in [9.17, 15) is 13.6 Å². The number of carbonyl (C=O) groups is 1. The molecule has 0 radical (unpaired) electrons. The first-order valence-corrected chi connectivity index (χ1v) is 5.74. The number of hydrogen-bond donors (Lipinski definition) is 0. The van der Waals surface area contributed by atoms with E-state index in [0.717, 1.165) is 10.7 Å². The molecule has 16 heavy (non-hydrogen) atoms. The highest BCUT2D eigenvalue weighted by atomic mass is 32.1. The van der Waals surface area contributed by atoms with Gasteiger partial charge in [0.25, 0.3) is 6.43 Å². The van der Waals surface area contributed by atoms with Gasteiger partial charge in [-0.1, -0.05) is 0 Å². The fourth-order valence-electron chi connectivity index (χ4n) is 1.10.